The predicted octanol–water partition coefficient (Wildman–Crippen LogP) is 2.95. The maximum absolute atomic E-state index is 13.0. The molecule has 0 aliphatic carbocycles. The van der Waals surface area contributed by atoms with Gasteiger partial charge in [-0.2, -0.15) is 13.2 Å². The second-order valence-corrected chi connectivity index (χ2v) is 5.05. The topological polar surface area (TPSA) is 81.5 Å². The van der Waals surface area contributed by atoms with Gasteiger partial charge in [0, 0.05) is 19.2 Å². The molecule has 1 rings (SSSR count). The Morgan fingerprint density at radius 3 is 2.50 bits per heavy atom. The molecule has 1 aromatic rings. The number of nitrogens with zero attached hydrogens (tertiary/aromatic N) is 1. The molecule has 0 fully saturated rings. The van der Waals surface area contributed by atoms with Crippen molar-refractivity contribution in [1.29, 1.82) is 0 Å². The van der Waals surface area contributed by atoms with Crippen molar-refractivity contribution in [3.8, 4) is 0 Å². The number of carbonyl (C=O) groups excluding carboxylic acids is 1. The van der Waals surface area contributed by atoms with Gasteiger partial charge in [-0.15, -0.1) is 0 Å². The zero-order valence-corrected chi connectivity index (χ0v) is 12.3. The standard InChI is InChI=1S/C12H12ClF3N2O4/c1-11(6-22-2,12(14,15)16)17-10(19)8-5-7(18(20)21)3-4-9(8)13/h3-5H,6H2,1-2H3,(H,17,19). The molecular formula is C12H12ClF3N2O4. The van der Waals surface area contributed by atoms with Gasteiger partial charge in [-0.25, -0.2) is 0 Å². The molecular weight excluding hydrogens is 329 g/mol. The van der Waals surface area contributed by atoms with Gasteiger partial charge >= 0.3 is 6.18 Å². The Morgan fingerprint density at radius 1 is 1.45 bits per heavy atom. The molecule has 0 aliphatic heterocycles. The average molecular weight is 341 g/mol. The fourth-order valence-corrected chi connectivity index (χ4v) is 1.80. The van der Waals surface area contributed by atoms with E-state index in [0.29, 0.717) is 0 Å². The third-order valence-corrected chi connectivity index (χ3v) is 3.18. The Balaban J connectivity index is 3.15. The zero-order valence-electron chi connectivity index (χ0n) is 11.5. The average Bonchev–Trinajstić information content (AvgIpc) is 2.37. The lowest BCUT2D eigenvalue weighted by Gasteiger charge is -2.32. The van der Waals surface area contributed by atoms with E-state index >= 15 is 0 Å². The number of nitro groups is 1. The van der Waals surface area contributed by atoms with Crippen molar-refractivity contribution >= 4 is 23.2 Å². The van der Waals surface area contributed by atoms with Crippen molar-refractivity contribution in [2.75, 3.05) is 13.7 Å². The summed E-state index contributed by atoms with van der Waals surface area (Å²) in [5, 5.41) is 12.2. The van der Waals surface area contributed by atoms with Gasteiger partial charge in [-0.1, -0.05) is 11.6 Å². The van der Waals surface area contributed by atoms with E-state index in [9.17, 15) is 28.1 Å². The van der Waals surface area contributed by atoms with Gasteiger partial charge in [0.1, 0.15) is 0 Å². The fraction of sp³-hybridized carbons (Fsp3) is 0.417. The summed E-state index contributed by atoms with van der Waals surface area (Å²) in [7, 11) is 1.05. The van der Waals surface area contributed by atoms with E-state index in [1.165, 1.54) is 0 Å². The number of non-ortho nitro benzene ring substituents is 1. The molecule has 0 bridgehead atoms. The highest BCUT2D eigenvalue weighted by atomic mass is 35.5. The summed E-state index contributed by atoms with van der Waals surface area (Å²) in [5.41, 5.74) is -3.55. The molecule has 1 unspecified atom stereocenters. The number of amides is 1. The minimum Gasteiger partial charge on any atom is -0.382 e. The molecule has 10 heteroatoms. The number of alkyl halides is 3. The molecule has 0 radical (unpaired) electrons. The molecule has 0 aromatic heterocycles. The van der Waals surface area contributed by atoms with E-state index in [4.69, 9.17) is 11.6 Å². The molecule has 6 nitrogen and oxygen atoms in total. The Morgan fingerprint density at radius 2 is 2.05 bits per heavy atom. The van der Waals surface area contributed by atoms with Crippen LogP contribution in [0.15, 0.2) is 18.2 Å². The van der Waals surface area contributed by atoms with Crippen LogP contribution in [0.3, 0.4) is 0 Å². The largest absolute Gasteiger partial charge is 0.413 e. The normalized spacial score (nSPS) is 14.3. The van der Waals surface area contributed by atoms with E-state index in [2.05, 4.69) is 4.74 Å². The Kier molecular flexibility index (Phi) is 5.36. The number of nitro benzene ring substituents is 1. The van der Waals surface area contributed by atoms with Crippen LogP contribution in [0.4, 0.5) is 18.9 Å². The third kappa shape index (κ3) is 3.86. The summed E-state index contributed by atoms with van der Waals surface area (Å²) in [6, 6.07) is 2.91. The molecule has 1 N–H and O–H groups in total. The van der Waals surface area contributed by atoms with Gasteiger partial charge in [0.2, 0.25) is 0 Å². The van der Waals surface area contributed by atoms with Crippen molar-refractivity contribution < 1.29 is 27.6 Å². The van der Waals surface area contributed by atoms with Gasteiger partial charge < -0.3 is 10.1 Å². The quantitative estimate of drug-likeness (QED) is 0.660. The van der Waals surface area contributed by atoms with E-state index < -0.39 is 40.4 Å². The predicted molar refractivity (Wildman–Crippen MR) is 71.9 cm³/mol. The number of benzene rings is 1. The van der Waals surface area contributed by atoms with Crippen LogP contribution in [0.5, 0.6) is 0 Å². The molecule has 0 heterocycles. The smallest absolute Gasteiger partial charge is 0.382 e. The van der Waals surface area contributed by atoms with Crippen LogP contribution in [0.25, 0.3) is 0 Å². The molecule has 1 amide bonds. The molecule has 22 heavy (non-hydrogen) atoms. The lowest BCUT2D eigenvalue weighted by atomic mass is 10.0. The molecule has 1 aromatic carbocycles. The summed E-state index contributed by atoms with van der Waals surface area (Å²) < 4.78 is 43.6. The first kappa shape index (κ1) is 18.2. The molecule has 0 saturated carbocycles. The van der Waals surface area contributed by atoms with E-state index in [1.807, 2.05) is 0 Å². The maximum Gasteiger partial charge on any atom is 0.413 e. The van der Waals surface area contributed by atoms with Crippen molar-refractivity contribution in [2.24, 2.45) is 0 Å². The van der Waals surface area contributed by atoms with Crippen molar-refractivity contribution in [3.05, 3.63) is 38.9 Å². The second kappa shape index (κ2) is 6.49. The summed E-state index contributed by atoms with van der Waals surface area (Å²) in [6.07, 6.45) is -4.79. The summed E-state index contributed by atoms with van der Waals surface area (Å²) in [6.45, 7) is -0.0888. The van der Waals surface area contributed by atoms with Crippen LogP contribution in [0.1, 0.15) is 17.3 Å². The minimum atomic E-state index is -4.79. The lowest BCUT2D eigenvalue weighted by molar-refractivity contribution is -0.384. The van der Waals surface area contributed by atoms with Gasteiger partial charge in [-0.05, 0) is 13.0 Å². The third-order valence-electron chi connectivity index (χ3n) is 2.85. The zero-order chi connectivity index (χ0) is 17.1. The molecule has 0 spiro atoms. The highest BCUT2D eigenvalue weighted by Crippen LogP contribution is 2.31. The molecule has 0 aliphatic rings. The number of nitrogens with one attached hydrogen (secondary N) is 1. The van der Waals surface area contributed by atoms with Gasteiger partial charge in [-0.3, -0.25) is 14.9 Å². The van der Waals surface area contributed by atoms with E-state index in [-0.39, 0.29) is 5.02 Å². The Bertz CT molecular complexity index is 594. The first-order chi connectivity index (χ1) is 10.0. The Hall–Kier alpha value is -1.87. The van der Waals surface area contributed by atoms with Crippen molar-refractivity contribution in [1.82, 2.24) is 5.32 Å². The highest BCUT2D eigenvalue weighted by Gasteiger charge is 2.52. The van der Waals surface area contributed by atoms with E-state index in [1.54, 1.807) is 5.32 Å². The van der Waals surface area contributed by atoms with Crippen LogP contribution in [0, 0.1) is 10.1 Å². The number of rotatable bonds is 5. The number of ether oxygens (including phenoxy) is 1. The fourth-order valence-electron chi connectivity index (χ4n) is 1.60. The molecule has 0 saturated heterocycles. The van der Waals surface area contributed by atoms with Crippen LogP contribution in [-0.2, 0) is 4.74 Å². The highest BCUT2D eigenvalue weighted by molar-refractivity contribution is 6.34. The monoisotopic (exact) mass is 340 g/mol. The van der Waals surface area contributed by atoms with Gasteiger partial charge in [0.05, 0.1) is 22.1 Å². The summed E-state index contributed by atoms with van der Waals surface area (Å²) >= 11 is 5.72. The number of hydrogen-bond acceptors (Lipinski definition) is 4. The van der Waals surface area contributed by atoms with Crippen LogP contribution >= 0.6 is 11.6 Å². The van der Waals surface area contributed by atoms with Gasteiger partial charge in [0.15, 0.2) is 5.54 Å². The van der Waals surface area contributed by atoms with E-state index in [0.717, 1.165) is 32.2 Å². The first-order valence-electron chi connectivity index (χ1n) is 5.84. The maximum atomic E-state index is 13.0. The minimum absolute atomic E-state index is 0.204. The Labute approximate surface area is 128 Å². The summed E-state index contributed by atoms with van der Waals surface area (Å²) in [4.78, 5) is 21.9. The number of hydrogen-bond donors (Lipinski definition) is 1. The lowest BCUT2D eigenvalue weighted by Crippen LogP contribution is -2.59. The van der Waals surface area contributed by atoms with Crippen LogP contribution in [0.2, 0.25) is 5.02 Å². The van der Waals surface area contributed by atoms with Gasteiger partial charge in [0.25, 0.3) is 11.6 Å². The van der Waals surface area contributed by atoms with Crippen LogP contribution < -0.4 is 5.32 Å². The molecule has 122 valence electrons. The second-order valence-electron chi connectivity index (χ2n) is 4.64. The SMILES string of the molecule is COCC(C)(NC(=O)c1cc([N+](=O)[O-])ccc1Cl)C(F)(F)F. The first-order valence-corrected chi connectivity index (χ1v) is 6.22. The van der Waals surface area contributed by atoms with Crippen LogP contribution in [-0.4, -0.2) is 36.3 Å². The number of methoxy groups -OCH3 is 1. The summed E-state index contributed by atoms with van der Waals surface area (Å²) in [5.74, 6) is -1.19. The number of halogens is 4. The number of carbonyl (C=O) groups is 1. The molecule has 1 atom stereocenters. The van der Waals surface area contributed by atoms with Crippen molar-refractivity contribution in [3.63, 3.8) is 0 Å². The van der Waals surface area contributed by atoms with Crippen molar-refractivity contribution in [2.45, 2.75) is 18.6 Å².